The van der Waals surface area contributed by atoms with E-state index in [2.05, 4.69) is 72.8 Å². The molecule has 0 aliphatic carbocycles. The molecule has 46 heavy (non-hydrogen) atoms. The second-order valence-electron chi connectivity index (χ2n) is 10.3. The van der Waals surface area contributed by atoms with Crippen LogP contribution in [0.4, 0.5) is 0 Å². The molecule has 8 heteroatoms. The highest BCUT2D eigenvalue weighted by Gasteiger charge is 2.29. The van der Waals surface area contributed by atoms with Gasteiger partial charge in [0.25, 0.3) is 0 Å². The van der Waals surface area contributed by atoms with Gasteiger partial charge in [0.05, 0.1) is 14.2 Å². The van der Waals surface area contributed by atoms with Crippen LogP contribution in [0.1, 0.15) is 0 Å². The molecule has 0 heterocycles. The van der Waals surface area contributed by atoms with Crippen molar-refractivity contribution >= 4 is 94.1 Å². The molecule has 6 rings (SSSR count). The van der Waals surface area contributed by atoms with E-state index in [4.69, 9.17) is 55.9 Å². The van der Waals surface area contributed by atoms with E-state index in [9.17, 15) is 0 Å². The third-order valence-corrected chi connectivity index (χ3v) is 13.5. The second kappa shape index (κ2) is 14.8. The fourth-order valence-electron chi connectivity index (χ4n) is 5.47. The zero-order valence-electron chi connectivity index (χ0n) is 24.9. The Kier molecular flexibility index (Phi) is 10.6. The van der Waals surface area contributed by atoms with Gasteiger partial charge in [-0.2, -0.15) is 0 Å². The summed E-state index contributed by atoms with van der Waals surface area (Å²) < 4.78 is 12.3. The monoisotopic (exact) mass is 718 g/mol. The van der Waals surface area contributed by atoms with Gasteiger partial charge in [-0.05, 0) is 108 Å². The van der Waals surface area contributed by atoms with Gasteiger partial charge in [0.1, 0.15) is 11.5 Å². The summed E-state index contributed by atoms with van der Waals surface area (Å²) in [5.41, 5.74) is 1.95. The summed E-state index contributed by atoms with van der Waals surface area (Å²) in [7, 11) is 1.26. The summed E-state index contributed by atoms with van der Waals surface area (Å²) in [6.45, 7) is 0. The van der Waals surface area contributed by atoms with Gasteiger partial charge in [-0.3, -0.25) is 0 Å². The number of hydrogen-bond donors (Lipinski definition) is 0. The van der Waals surface area contributed by atoms with Crippen LogP contribution in [0.2, 0.25) is 20.1 Å². The van der Waals surface area contributed by atoms with Crippen LogP contribution in [0, 0.1) is 0 Å². The Morgan fingerprint density at radius 3 is 0.870 bits per heavy atom. The van der Waals surface area contributed by atoms with E-state index in [1.807, 2.05) is 60.7 Å². The van der Waals surface area contributed by atoms with Gasteiger partial charge in [0, 0.05) is 31.2 Å². The average molecular weight is 720 g/mol. The molecule has 0 unspecified atom stereocenters. The first kappa shape index (κ1) is 32.9. The van der Waals surface area contributed by atoms with Crippen molar-refractivity contribution in [2.24, 2.45) is 0 Å². The zero-order chi connectivity index (χ0) is 32.2. The van der Waals surface area contributed by atoms with Gasteiger partial charge in [0.15, 0.2) is 0 Å². The van der Waals surface area contributed by atoms with Crippen molar-refractivity contribution in [3.05, 3.63) is 154 Å². The van der Waals surface area contributed by atoms with Crippen LogP contribution in [0.3, 0.4) is 0 Å². The summed E-state index contributed by atoms with van der Waals surface area (Å²) in [5, 5.41) is 9.55. The Bertz CT molecular complexity index is 1710. The van der Waals surface area contributed by atoms with E-state index >= 15 is 0 Å². The van der Waals surface area contributed by atoms with E-state index in [1.165, 1.54) is 0 Å². The standard InChI is InChI=1S/C38H28Cl4O2P2/c1-43-33-5-3-7-35(45(29-17-9-25(39)10-18-29)30-19-11-26(40)12-20-30)37(33)38-34(44-2)6-4-8-36(38)46(31-21-13-27(41)14-22-31)32-23-15-28(42)16-24-32/h3-24H,1-2H3. The van der Waals surface area contributed by atoms with Gasteiger partial charge >= 0.3 is 0 Å². The summed E-state index contributed by atoms with van der Waals surface area (Å²) in [6, 6.07) is 44.8. The Labute approximate surface area is 292 Å². The third kappa shape index (κ3) is 6.95. The molecule has 0 aliphatic heterocycles. The molecule has 0 saturated heterocycles. The first-order valence-electron chi connectivity index (χ1n) is 14.3. The van der Waals surface area contributed by atoms with Gasteiger partial charge in [-0.1, -0.05) is 119 Å². The van der Waals surface area contributed by atoms with Crippen molar-refractivity contribution in [2.75, 3.05) is 14.2 Å². The Morgan fingerprint density at radius 2 is 0.630 bits per heavy atom. The number of benzene rings is 6. The first-order chi connectivity index (χ1) is 22.4. The van der Waals surface area contributed by atoms with Crippen LogP contribution < -0.4 is 41.3 Å². The molecule has 0 saturated carbocycles. The van der Waals surface area contributed by atoms with E-state index in [0.29, 0.717) is 20.1 Å². The molecule has 6 aromatic rings. The van der Waals surface area contributed by atoms with Crippen molar-refractivity contribution < 1.29 is 9.47 Å². The van der Waals surface area contributed by atoms with Gasteiger partial charge < -0.3 is 9.47 Å². The molecular weight excluding hydrogens is 692 g/mol. The molecule has 6 aromatic carbocycles. The highest BCUT2D eigenvalue weighted by atomic mass is 35.5. The third-order valence-electron chi connectivity index (χ3n) is 7.52. The van der Waals surface area contributed by atoms with Gasteiger partial charge in [-0.15, -0.1) is 0 Å². The summed E-state index contributed by atoms with van der Waals surface area (Å²) in [4.78, 5) is 0. The quantitative estimate of drug-likeness (QED) is 0.139. The molecule has 0 N–H and O–H groups in total. The van der Waals surface area contributed by atoms with Crippen LogP contribution in [0.15, 0.2) is 133 Å². The highest BCUT2D eigenvalue weighted by Crippen LogP contribution is 2.47. The molecule has 0 bridgehead atoms. The first-order valence-corrected chi connectivity index (χ1v) is 18.5. The number of ether oxygens (including phenoxy) is 2. The summed E-state index contributed by atoms with van der Waals surface area (Å²) in [5.74, 6) is 1.50. The normalized spacial score (nSPS) is 11.2. The smallest absolute Gasteiger partial charge is 0.127 e. The molecule has 0 radical (unpaired) electrons. The Hall–Kier alpha value is -3.06. The van der Waals surface area contributed by atoms with E-state index < -0.39 is 15.8 Å². The molecule has 0 atom stereocenters. The number of halogens is 4. The van der Waals surface area contributed by atoms with Crippen LogP contribution in [-0.4, -0.2) is 14.2 Å². The van der Waals surface area contributed by atoms with E-state index in [0.717, 1.165) is 54.5 Å². The Morgan fingerprint density at radius 1 is 0.370 bits per heavy atom. The van der Waals surface area contributed by atoms with Crippen LogP contribution >= 0.6 is 62.2 Å². The van der Waals surface area contributed by atoms with Crippen molar-refractivity contribution in [1.29, 1.82) is 0 Å². The van der Waals surface area contributed by atoms with Crippen molar-refractivity contribution in [1.82, 2.24) is 0 Å². The molecule has 0 aliphatic rings. The molecule has 230 valence electrons. The van der Waals surface area contributed by atoms with Crippen LogP contribution in [0.5, 0.6) is 11.5 Å². The van der Waals surface area contributed by atoms with Crippen molar-refractivity contribution in [2.45, 2.75) is 0 Å². The minimum atomic E-state index is -1.08. The van der Waals surface area contributed by atoms with Gasteiger partial charge in [0.2, 0.25) is 0 Å². The second-order valence-corrected chi connectivity index (χ2v) is 16.4. The number of hydrogen-bond acceptors (Lipinski definition) is 2. The summed E-state index contributed by atoms with van der Waals surface area (Å²) in [6.07, 6.45) is 0. The Balaban J connectivity index is 1.68. The van der Waals surface area contributed by atoms with E-state index in [1.54, 1.807) is 14.2 Å². The van der Waals surface area contributed by atoms with Crippen LogP contribution in [-0.2, 0) is 0 Å². The minimum Gasteiger partial charge on any atom is -0.496 e. The fourth-order valence-corrected chi connectivity index (χ4v) is 10.8. The maximum atomic E-state index is 6.37. The topological polar surface area (TPSA) is 18.5 Å². The molecule has 2 nitrogen and oxygen atoms in total. The minimum absolute atomic E-state index is 0.684. The predicted octanol–water partition coefficient (Wildman–Crippen LogP) is 9.50. The molecule has 0 amide bonds. The molecule has 0 fully saturated rings. The zero-order valence-corrected chi connectivity index (χ0v) is 29.7. The van der Waals surface area contributed by atoms with Gasteiger partial charge in [-0.25, -0.2) is 0 Å². The predicted molar refractivity (Wildman–Crippen MR) is 202 cm³/mol. The molecular formula is C38H28Cl4O2P2. The molecule has 0 aromatic heterocycles. The molecule has 0 spiro atoms. The lowest BCUT2D eigenvalue weighted by Crippen LogP contribution is -2.26. The van der Waals surface area contributed by atoms with E-state index in [-0.39, 0.29) is 0 Å². The fraction of sp³-hybridized carbons (Fsp3) is 0.0526. The van der Waals surface area contributed by atoms with Crippen molar-refractivity contribution in [3.63, 3.8) is 0 Å². The van der Waals surface area contributed by atoms with Crippen molar-refractivity contribution in [3.8, 4) is 22.6 Å². The lowest BCUT2D eigenvalue weighted by molar-refractivity contribution is 0.411. The lowest BCUT2D eigenvalue weighted by atomic mass is 10.0. The lowest BCUT2D eigenvalue weighted by Gasteiger charge is -2.28. The highest BCUT2D eigenvalue weighted by molar-refractivity contribution is 7.80. The number of methoxy groups -OCH3 is 2. The van der Waals surface area contributed by atoms with Crippen LogP contribution in [0.25, 0.3) is 11.1 Å². The maximum absolute atomic E-state index is 6.37. The maximum Gasteiger partial charge on any atom is 0.127 e. The average Bonchev–Trinajstić information content (AvgIpc) is 3.08. The largest absolute Gasteiger partial charge is 0.496 e. The SMILES string of the molecule is COc1cccc(P(c2ccc(Cl)cc2)c2ccc(Cl)cc2)c1-c1c(OC)cccc1P(c1ccc(Cl)cc1)c1ccc(Cl)cc1. The summed E-state index contributed by atoms with van der Waals surface area (Å²) >= 11 is 25.5. The number of rotatable bonds is 9.